The molecule has 0 aliphatic heterocycles. The van der Waals surface area contributed by atoms with Crippen LogP contribution in [-0.2, 0) is 6.54 Å². The molecule has 1 heterocycles. The summed E-state index contributed by atoms with van der Waals surface area (Å²) in [6, 6.07) is 0. The lowest BCUT2D eigenvalue weighted by Crippen LogP contribution is -2.07. The number of nitrogens with two attached hydrogens (primary N) is 1. The average Bonchev–Trinajstić information content (AvgIpc) is 2.19. The van der Waals surface area contributed by atoms with E-state index in [1.165, 1.54) is 0 Å². The zero-order chi connectivity index (χ0) is 5.82. The Balaban J connectivity index is 2.50. The van der Waals surface area contributed by atoms with Gasteiger partial charge in [-0.2, -0.15) is 0 Å². The van der Waals surface area contributed by atoms with Gasteiger partial charge in [0.2, 0.25) is 0 Å². The minimum atomic E-state index is 0.637. The Hall–Kier alpha value is -0.900. The Morgan fingerprint density at radius 3 is 2.50 bits per heavy atom. The lowest BCUT2D eigenvalue weighted by atomic mass is 10.6. The molecule has 2 N–H and O–H groups in total. The molecule has 0 saturated carbocycles. The summed E-state index contributed by atoms with van der Waals surface area (Å²) in [5.74, 6) is 0. The largest absolute Gasteiger partial charge is 0.329 e. The quantitative estimate of drug-likeness (QED) is 0.547. The van der Waals surface area contributed by atoms with Gasteiger partial charge in [-0.3, -0.25) is 0 Å². The van der Waals surface area contributed by atoms with Crippen molar-refractivity contribution in [2.45, 2.75) is 6.54 Å². The van der Waals surface area contributed by atoms with E-state index in [1.807, 2.05) is 4.57 Å². The molecular weight excluding hydrogens is 104 g/mol. The van der Waals surface area contributed by atoms with Gasteiger partial charge in [-0.1, -0.05) is 0 Å². The normalized spacial score (nSPS) is 9.62. The molecular formula is C4H8N4. The van der Waals surface area contributed by atoms with Gasteiger partial charge in [-0.05, 0) is 0 Å². The fraction of sp³-hybridized carbons (Fsp3) is 0.500. The first kappa shape index (κ1) is 5.24. The van der Waals surface area contributed by atoms with Crippen LogP contribution in [0.25, 0.3) is 0 Å². The summed E-state index contributed by atoms with van der Waals surface area (Å²) in [5, 5.41) is 7.20. The molecule has 0 bridgehead atoms. The summed E-state index contributed by atoms with van der Waals surface area (Å²) in [6.45, 7) is 1.44. The van der Waals surface area contributed by atoms with Crippen molar-refractivity contribution < 1.29 is 0 Å². The molecule has 1 aromatic heterocycles. The van der Waals surface area contributed by atoms with E-state index in [4.69, 9.17) is 5.73 Å². The number of rotatable bonds is 2. The van der Waals surface area contributed by atoms with Crippen LogP contribution in [0.15, 0.2) is 12.7 Å². The van der Waals surface area contributed by atoms with Gasteiger partial charge in [0, 0.05) is 13.1 Å². The zero-order valence-corrected chi connectivity index (χ0v) is 4.49. The molecule has 0 spiro atoms. The van der Waals surface area contributed by atoms with E-state index in [-0.39, 0.29) is 0 Å². The molecule has 4 nitrogen and oxygen atoms in total. The predicted molar refractivity (Wildman–Crippen MR) is 29.1 cm³/mol. The highest BCUT2D eigenvalue weighted by Crippen LogP contribution is 1.76. The van der Waals surface area contributed by atoms with Gasteiger partial charge in [-0.25, -0.2) is 0 Å². The lowest BCUT2D eigenvalue weighted by molar-refractivity contribution is 0.705. The van der Waals surface area contributed by atoms with Crippen LogP contribution in [0.5, 0.6) is 0 Å². The van der Waals surface area contributed by atoms with Crippen molar-refractivity contribution in [3.63, 3.8) is 0 Å². The standard InChI is InChI=1S/C4H8N4/c5-1-2-8-3-6-7-4-8/h3-4H,1-2,5H2. The van der Waals surface area contributed by atoms with Crippen LogP contribution < -0.4 is 5.73 Å². The first-order valence-corrected chi connectivity index (χ1v) is 2.46. The van der Waals surface area contributed by atoms with Crippen LogP contribution in [0, 0.1) is 0 Å². The molecule has 0 unspecified atom stereocenters. The Morgan fingerprint density at radius 2 is 2.00 bits per heavy atom. The van der Waals surface area contributed by atoms with E-state index in [1.54, 1.807) is 12.7 Å². The Bertz CT molecular complexity index is 134. The minimum Gasteiger partial charge on any atom is -0.329 e. The molecule has 44 valence electrons. The Morgan fingerprint density at radius 1 is 1.38 bits per heavy atom. The molecule has 0 saturated heterocycles. The summed E-state index contributed by atoms with van der Waals surface area (Å²) in [5.41, 5.74) is 5.24. The van der Waals surface area contributed by atoms with Crippen molar-refractivity contribution in [2.75, 3.05) is 6.54 Å². The first-order chi connectivity index (χ1) is 3.93. The molecule has 4 heteroatoms. The van der Waals surface area contributed by atoms with Crippen LogP contribution in [0.2, 0.25) is 0 Å². The lowest BCUT2D eigenvalue weighted by Gasteiger charge is -1.91. The molecule has 0 fully saturated rings. The molecule has 0 aliphatic rings. The van der Waals surface area contributed by atoms with E-state index >= 15 is 0 Å². The van der Waals surface area contributed by atoms with Gasteiger partial charge in [-0.15, -0.1) is 10.2 Å². The highest BCUT2D eigenvalue weighted by atomic mass is 15.2. The molecule has 0 aliphatic carbocycles. The van der Waals surface area contributed by atoms with Crippen LogP contribution in [0.3, 0.4) is 0 Å². The Kier molecular flexibility index (Phi) is 1.58. The van der Waals surface area contributed by atoms with Crippen molar-refractivity contribution in [2.24, 2.45) is 5.73 Å². The second kappa shape index (κ2) is 2.42. The second-order valence-corrected chi connectivity index (χ2v) is 1.49. The van der Waals surface area contributed by atoms with Crippen molar-refractivity contribution >= 4 is 0 Å². The van der Waals surface area contributed by atoms with E-state index in [2.05, 4.69) is 10.2 Å². The molecule has 0 amide bonds. The predicted octanol–water partition coefficient (Wildman–Crippen LogP) is -0.763. The van der Waals surface area contributed by atoms with E-state index in [0.29, 0.717) is 6.54 Å². The van der Waals surface area contributed by atoms with Crippen LogP contribution in [0.1, 0.15) is 0 Å². The van der Waals surface area contributed by atoms with Crippen molar-refractivity contribution in [3.05, 3.63) is 12.7 Å². The van der Waals surface area contributed by atoms with Crippen LogP contribution in [0.4, 0.5) is 0 Å². The highest BCUT2D eigenvalue weighted by Gasteiger charge is 1.83. The van der Waals surface area contributed by atoms with Gasteiger partial charge >= 0.3 is 0 Å². The second-order valence-electron chi connectivity index (χ2n) is 1.49. The van der Waals surface area contributed by atoms with Crippen LogP contribution in [-0.4, -0.2) is 21.3 Å². The van der Waals surface area contributed by atoms with Crippen LogP contribution >= 0.6 is 0 Å². The van der Waals surface area contributed by atoms with E-state index in [0.717, 1.165) is 6.54 Å². The van der Waals surface area contributed by atoms with Crippen molar-refractivity contribution in [1.29, 1.82) is 0 Å². The SMILES string of the molecule is NCCn1cnnc1. The van der Waals surface area contributed by atoms with E-state index in [9.17, 15) is 0 Å². The highest BCUT2D eigenvalue weighted by molar-refractivity contribution is 4.59. The summed E-state index contributed by atoms with van der Waals surface area (Å²) >= 11 is 0. The number of aromatic nitrogens is 3. The summed E-state index contributed by atoms with van der Waals surface area (Å²) in [7, 11) is 0. The monoisotopic (exact) mass is 112 g/mol. The third kappa shape index (κ3) is 1.04. The van der Waals surface area contributed by atoms with Gasteiger partial charge in [0.05, 0.1) is 0 Å². The van der Waals surface area contributed by atoms with Gasteiger partial charge in [0.25, 0.3) is 0 Å². The maximum Gasteiger partial charge on any atom is 0.119 e. The Labute approximate surface area is 47.3 Å². The summed E-state index contributed by atoms with van der Waals surface area (Å²) < 4.78 is 1.83. The smallest absolute Gasteiger partial charge is 0.119 e. The molecule has 1 aromatic rings. The van der Waals surface area contributed by atoms with Gasteiger partial charge in [0.1, 0.15) is 12.7 Å². The fourth-order valence-electron chi connectivity index (χ4n) is 0.487. The topological polar surface area (TPSA) is 56.7 Å². The average molecular weight is 112 g/mol. The molecule has 0 radical (unpaired) electrons. The third-order valence-electron chi connectivity index (χ3n) is 0.854. The maximum atomic E-state index is 5.24. The third-order valence-corrected chi connectivity index (χ3v) is 0.854. The number of hydrogen-bond acceptors (Lipinski definition) is 3. The first-order valence-electron chi connectivity index (χ1n) is 2.46. The molecule has 0 atom stereocenters. The molecule has 8 heavy (non-hydrogen) atoms. The summed E-state index contributed by atoms with van der Waals surface area (Å²) in [6.07, 6.45) is 3.29. The van der Waals surface area contributed by atoms with Crippen molar-refractivity contribution in [3.8, 4) is 0 Å². The molecule has 1 rings (SSSR count). The maximum absolute atomic E-state index is 5.24. The van der Waals surface area contributed by atoms with Gasteiger partial charge in [0.15, 0.2) is 0 Å². The number of nitrogens with zero attached hydrogens (tertiary/aromatic N) is 3. The molecule has 0 aromatic carbocycles. The zero-order valence-electron chi connectivity index (χ0n) is 4.49. The minimum absolute atomic E-state index is 0.637. The van der Waals surface area contributed by atoms with Gasteiger partial charge < -0.3 is 10.3 Å². The van der Waals surface area contributed by atoms with E-state index < -0.39 is 0 Å². The van der Waals surface area contributed by atoms with Crippen molar-refractivity contribution in [1.82, 2.24) is 14.8 Å². The fourth-order valence-corrected chi connectivity index (χ4v) is 0.487. The summed E-state index contributed by atoms with van der Waals surface area (Å²) in [4.78, 5) is 0. The number of hydrogen-bond donors (Lipinski definition) is 1.